The smallest absolute Gasteiger partial charge is 0.240 e. The second kappa shape index (κ2) is 8.35. The second-order valence-electron chi connectivity index (χ2n) is 7.67. The van der Waals surface area contributed by atoms with E-state index in [2.05, 4.69) is 9.88 Å². The number of carbonyl (C=O) groups excluding carboxylic acids is 2. The van der Waals surface area contributed by atoms with Crippen LogP contribution >= 0.6 is 0 Å². The Bertz CT molecular complexity index is 654. The number of pyridine rings is 1. The Morgan fingerprint density at radius 2 is 1.89 bits per heavy atom. The maximum absolute atomic E-state index is 12.8. The first-order valence-corrected chi connectivity index (χ1v) is 10.0. The lowest BCUT2D eigenvalue weighted by Gasteiger charge is -2.39. The summed E-state index contributed by atoms with van der Waals surface area (Å²) >= 11 is 0. The zero-order chi connectivity index (χ0) is 18.6. The van der Waals surface area contributed by atoms with Crippen LogP contribution < -0.4 is 0 Å². The first-order chi connectivity index (χ1) is 13.2. The van der Waals surface area contributed by atoms with Crippen molar-refractivity contribution in [3.8, 4) is 0 Å². The van der Waals surface area contributed by atoms with E-state index in [1.807, 2.05) is 28.1 Å². The zero-order valence-corrected chi connectivity index (χ0v) is 15.8. The lowest BCUT2D eigenvalue weighted by Crippen LogP contribution is -2.55. The standard InChI is InChI=1S/C20H28N4O3/c25-19(17-4-12-27-13-5-17)23-10-8-22(9-11-23)18-3-7-24(20(18)26)15-16-2-1-6-21-14-16/h1-2,6,14,17-18H,3-5,7-13,15H2. The van der Waals surface area contributed by atoms with E-state index in [1.54, 1.807) is 6.20 Å². The summed E-state index contributed by atoms with van der Waals surface area (Å²) in [5.41, 5.74) is 1.07. The first kappa shape index (κ1) is 18.4. The number of hydrogen-bond donors (Lipinski definition) is 0. The number of ether oxygens (including phenoxy) is 1. The van der Waals surface area contributed by atoms with Gasteiger partial charge in [-0.25, -0.2) is 0 Å². The fourth-order valence-corrected chi connectivity index (χ4v) is 4.39. The highest BCUT2D eigenvalue weighted by atomic mass is 16.5. The van der Waals surface area contributed by atoms with Crippen LogP contribution in [-0.4, -0.2) is 83.5 Å². The van der Waals surface area contributed by atoms with Crippen molar-refractivity contribution in [2.45, 2.75) is 31.8 Å². The fourth-order valence-electron chi connectivity index (χ4n) is 4.39. The Morgan fingerprint density at radius 3 is 2.59 bits per heavy atom. The predicted molar refractivity (Wildman–Crippen MR) is 99.8 cm³/mol. The molecule has 2 amide bonds. The van der Waals surface area contributed by atoms with Crippen LogP contribution in [0.15, 0.2) is 24.5 Å². The molecule has 1 aromatic rings. The monoisotopic (exact) mass is 372 g/mol. The van der Waals surface area contributed by atoms with Crippen LogP contribution in [0.4, 0.5) is 0 Å². The number of hydrogen-bond acceptors (Lipinski definition) is 5. The minimum Gasteiger partial charge on any atom is -0.381 e. The highest BCUT2D eigenvalue weighted by Gasteiger charge is 2.38. The number of carbonyl (C=O) groups is 2. The number of nitrogens with zero attached hydrogens (tertiary/aromatic N) is 4. The molecule has 0 spiro atoms. The topological polar surface area (TPSA) is 66.0 Å². The third-order valence-corrected chi connectivity index (χ3v) is 6.00. The van der Waals surface area contributed by atoms with E-state index in [4.69, 9.17) is 4.74 Å². The maximum Gasteiger partial charge on any atom is 0.240 e. The van der Waals surface area contributed by atoms with Gasteiger partial charge in [-0.05, 0) is 30.9 Å². The molecule has 0 saturated carbocycles. The molecule has 0 radical (unpaired) electrons. The van der Waals surface area contributed by atoms with E-state index >= 15 is 0 Å². The van der Waals surface area contributed by atoms with Gasteiger partial charge in [0, 0.05) is 70.8 Å². The summed E-state index contributed by atoms with van der Waals surface area (Å²) in [4.78, 5) is 35.8. The molecular weight excluding hydrogens is 344 g/mol. The molecule has 0 aliphatic carbocycles. The highest BCUT2D eigenvalue weighted by Crippen LogP contribution is 2.23. The van der Waals surface area contributed by atoms with Gasteiger partial charge in [-0.2, -0.15) is 0 Å². The van der Waals surface area contributed by atoms with Gasteiger partial charge in [-0.15, -0.1) is 0 Å². The molecule has 3 aliphatic heterocycles. The van der Waals surface area contributed by atoms with Crippen molar-refractivity contribution in [2.24, 2.45) is 5.92 Å². The number of likely N-dealkylation sites (tertiary alicyclic amines) is 1. The largest absolute Gasteiger partial charge is 0.381 e. The molecule has 146 valence electrons. The first-order valence-electron chi connectivity index (χ1n) is 10.0. The van der Waals surface area contributed by atoms with Gasteiger partial charge >= 0.3 is 0 Å². The highest BCUT2D eigenvalue weighted by molar-refractivity contribution is 5.84. The van der Waals surface area contributed by atoms with Crippen LogP contribution in [0, 0.1) is 5.92 Å². The van der Waals surface area contributed by atoms with E-state index in [1.165, 1.54) is 0 Å². The fraction of sp³-hybridized carbons (Fsp3) is 0.650. The molecule has 0 aromatic carbocycles. The molecular formula is C20H28N4O3. The lowest BCUT2D eigenvalue weighted by atomic mass is 9.98. The maximum atomic E-state index is 12.8. The summed E-state index contributed by atoms with van der Waals surface area (Å²) in [6.45, 7) is 5.83. The Hall–Kier alpha value is -1.99. The molecule has 3 fully saturated rings. The molecule has 1 aromatic heterocycles. The van der Waals surface area contributed by atoms with Crippen molar-refractivity contribution in [1.29, 1.82) is 0 Å². The van der Waals surface area contributed by atoms with Crippen LogP contribution in [0.5, 0.6) is 0 Å². The van der Waals surface area contributed by atoms with E-state index < -0.39 is 0 Å². The summed E-state index contributed by atoms with van der Waals surface area (Å²) in [7, 11) is 0. The van der Waals surface area contributed by atoms with E-state index in [9.17, 15) is 9.59 Å². The molecule has 7 nitrogen and oxygen atoms in total. The van der Waals surface area contributed by atoms with Gasteiger partial charge in [-0.1, -0.05) is 6.07 Å². The van der Waals surface area contributed by atoms with Gasteiger partial charge in [0.25, 0.3) is 0 Å². The molecule has 27 heavy (non-hydrogen) atoms. The third-order valence-electron chi connectivity index (χ3n) is 6.00. The van der Waals surface area contributed by atoms with Crippen LogP contribution in [-0.2, 0) is 20.9 Å². The van der Waals surface area contributed by atoms with E-state index in [-0.39, 0.29) is 23.8 Å². The Balaban J connectivity index is 1.28. The second-order valence-corrected chi connectivity index (χ2v) is 7.67. The van der Waals surface area contributed by atoms with E-state index in [0.717, 1.165) is 57.5 Å². The van der Waals surface area contributed by atoms with Crippen LogP contribution in [0.2, 0.25) is 0 Å². The predicted octanol–water partition coefficient (Wildman–Crippen LogP) is 0.753. The van der Waals surface area contributed by atoms with Gasteiger partial charge in [0.2, 0.25) is 11.8 Å². The number of aromatic nitrogens is 1. The average Bonchev–Trinajstić information content (AvgIpc) is 3.09. The van der Waals surface area contributed by atoms with Gasteiger partial charge < -0.3 is 14.5 Å². The molecule has 7 heteroatoms. The van der Waals surface area contributed by atoms with Crippen molar-refractivity contribution < 1.29 is 14.3 Å². The Kier molecular flexibility index (Phi) is 5.69. The SMILES string of the molecule is O=C(C1CCOCC1)N1CCN(C2CCN(Cc3cccnc3)C2=O)CC1. The summed E-state index contributed by atoms with van der Waals surface area (Å²) in [5.74, 6) is 0.602. The molecule has 3 aliphatic rings. The number of amides is 2. The quantitative estimate of drug-likeness (QED) is 0.781. The molecule has 3 saturated heterocycles. The van der Waals surface area contributed by atoms with Gasteiger partial charge in [0.1, 0.15) is 0 Å². The van der Waals surface area contributed by atoms with Gasteiger partial charge in [0.05, 0.1) is 6.04 Å². The molecule has 4 rings (SSSR count). The van der Waals surface area contributed by atoms with Gasteiger partial charge in [0.15, 0.2) is 0 Å². The molecule has 4 heterocycles. The minimum atomic E-state index is -0.0398. The average molecular weight is 372 g/mol. The Morgan fingerprint density at radius 1 is 1.11 bits per heavy atom. The minimum absolute atomic E-state index is 0.0398. The van der Waals surface area contributed by atoms with Crippen LogP contribution in [0.25, 0.3) is 0 Å². The summed E-state index contributed by atoms with van der Waals surface area (Å²) in [6.07, 6.45) is 6.11. The molecule has 0 bridgehead atoms. The Labute approximate surface area is 160 Å². The number of piperazine rings is 1. The van der Waals surface area contributed by atoms with Crippen molar-refractivity contribution in [2.75, 3.05) is 45.9 Å². The molecule has 1 atom stereocenters. The summed E-state index contributed by atoms with van der Waals surface area (Å²) in [5, 5.41) is 0. The third kappa shape index (κ3) is 4.14. The molecule has 1 unspecified atom stereocenters. The van der Waals surface area contributed by atoms with E-state index in [0.29, 0.717) is 19.8 Å². The lowest BCUT2D eigenvalue weighted by molar-refractivity contribution is -0.141. The normalized spacial score (nSPS) is 25.2. The number of rotatable bonds is 4. The van der Waals surface area contributed by atoms with Crippen molar-refractivity contribution >= 4 is 11.8 Å². The van der Waals surface area contributed by atoms with Crippen LogP contribution in [0.3, 0.4) is 0 Å². The zero-order valence-electron chi connectivity index (χ0n) is 15.8. The van der Waals surface area contributed by atoms with Crippen molar-refractivity contribution in [1.82, 2.24) is 19.7 Å². The van der Waals surface area contributed by atoms with Gasteiger partial charge in [-0.3, -0.25) is 19.5 Å². The summed E-state index contributed by atoms with van der Waals surface area (Å²) in [6, 6.07) is 3.87. The molecule has 0 N–H and O–H groups in total. The summed E-state index contributed by atoms with van der Waals surface area (Å²) < 4.78 is 5.36. The van der Waals surface area contributed by atoms with Crippen molar-refractivity contribution in [3.63, 3.8) is 0 Å². The van der Waals surface area contributed by atoms with Crippen molar-refractivity contribution in [3.05, 3.63) is 30.1 Å². The van der Waals surface area contributed by atoms with Crippen LogP contribution in [0.1, 0.15) is 24.8 Å².